The second-order valence-corrected chi connectivity index (χ2v) is 4.77. The molecule has 1 atom stereocenters. The van der Waals surface area contributed by atoms with Gasteiger partial charge in [0.1, 0.15) is 0 Å². The molecule has 3 nitrogen and oxygen atoms in total. The Morgan fingerprint density at radius 3 is 2.50 bits per heavy atom. The third-order valence-electron chi connectivity index (χ3n) is 1.51. The van der Waals surface area contributed by atoms with E-state index >= 15 is 0 Å². The molecule has 0 aromatic rings. The first-order chi connectivity index (χ1) is 6.74. The first kappa shape index (κ1) is 13.6. The Kier molecular flexibility index (Phi) is 8.90. The molecule has 82 valence electrons. The highest BCUT2D eigenvalue weighted by Crippen LogP contribution is 2.35. The van der Waals surface area contributed by atoms with Gasteiger partial charge in [-0.15, -0.1) is 0 Å². The standard InChI is InChI=1S/C10H19O3P/c1-4-12-10(11)8-7-9-14(6-3)13-5-2/h7-8H,4-6,9H2,1-3H3/b8-7+. The molecular weight excluding hydrogens is 199 g/mol. The molecule has 0 aliphatic heterocycles. The van der Waals surface area contributed by atoms with Gasteiger partial charge in [0.15, 0.2) is 0 Å². The molecule has 0 heterocycles. The summed E-state index contributed by atoms with van der Waals surface area (Å²) in [5, 5.41) is 0. The maximum absolute atomic E-state index is 10.9. The Bertz CT molecular complexity index is 180. The lowest BCUT2D eigenvalue weighted by Gasteiger charge is -2.11. The van der Waals surface area contributed by atoms with Gasteiger partial charge in [-0.05, 0) is 20.0 Å². The number of hydrogen-bond donors (Lipinski definition) is 0. The molecule has 0 aromatic carbocycles. The normalized spacial score (nSPS) is 13.1. The number of carbonyl (C=O) groups is 1. The number of allylic oxidation sites excluding steroid dienone is 1. The van der Waals surface area contributed by atoms with Crippen molar-refractivity contribution in [2.24, 2.45) is 0 Å². The van der Waals surface area contributed by atoms with Crippen molar-refractivity contribution in [3.8, 4) is 0 Å². The molecular formula is C10H19O3P. The Hall–Kier alpha value is -0.400. The molecule has 0 saturated carbocycles. The third-order valence-corrected chi connectivity index (χ3v) is 3.46. The molecule has 0 rings (SSSR count). The van der Waals surface area contributed by atoms with Crippen LogP contribution >= 0.6 is 8.15 Å². The summed E-state index contributed by atoms with van der Waals surface area (Å²) in [4.78, 5) is 10.9. The number of ether oxygens (including phenoxy) is 1. The molecule has 0 spiro atoms. The van der Waals surface area contributed by atoms with Gasteiger partial charge in [0, 0.05) is 27.0 Å². The predicted octanol–water partition coefficient (Wildman–Crippen LogP) is 2.56. The highest BCUT2D eigenvalue weighted by molar-refractivity contribution is 7.52. The molecule has 0 aliphatic rings. The molecule has 0 radical (unpaired) electrons. The van der Waals surface area contributed by atoms with Crippen LogP contribution in [-0.4, -0.2) is 31.5 Å². The highest BCUT2D eigenvalue weighted by atomic mass is 31.1. The first-order valence-electron chi connectivity index (χ1n) is 4.95. The Balaban J connectivity index is 3.71. The van der Waals surface area contributed by atoms with Crippen molar-refractivity contribution in [2.45, 2.75) is 20.8 Å². The van der Waals surface area contributed by atoms with E-state index in [1.807, 2.05) is 13.0 Å². The smallest absolute Gasteiger partial charge is 0.330 e. The van der Waals surface area contributed by atoms with E-state index in [0.29, 0.717) is 6.61 Å². The maximum atomic E-state index is 10.9. The van der Waals surface area contributed by atoms with Crippen LogP contribution in [0.5, 0.6) is 0 Å². The minimum absolute atomic E-state index is 0.268. The lowest BCUT2D eigenvalue weighted by atomic mass is 10.5. The Morgan fingerprint density at radius 1 is 1.29 bits per heavy atom. The van der Waals surface area contributed by atoms with Crippen molar-refractivity contribution >= 4 is 14.1 Å². The summed E-state index contributed by atoms with van der Waals surface area (Å²) < 4.78 is 10.3. The lowest BCUT2D eigenvalue weighted by molar-refractivity contribution is -0.137. The van der Waals surface area contributed by atoms with E-state index in [2.05, 4.69) is 6.92 Å². The van der Waals surface area contributed by atoms with Crippen molar-refractivity contribution in [1.29, 1.82) is 0 Å². The zero-order chi connectivity index (χ0) is 10.8. The van der Waals surface area contributed by atoms with Gasteiger partial charge in [0.25, 0.3) is 0 Å². The molecule has 0 N–H and O–H groups in total. The Morgan fingerprint density at radius 2 is 2.00 bits per heavy atom. The topological polar surface area (TPSA) is 35.5 Å². The average molecular weight is 218 g/mol. The van der Waals surface area contributed by atoms with Crippen LogP contribution in [0.25, 0.3) is 0 Å². The minimum Gasteiger partial charge on any atom is -0.463 e. The van der Waals surface area contributed by atoms with Crippen molar-refractivity contribution in [3.05, 3.63) is 12.2 Å². The molecule has 1 unspecified atom stereocenters. The van der Waals surface area contributed by atoms with Crippen molar-refractivity contribution in [2.75, 3.05) is 25.5 Å². The van der Waals surface area contributed by atoms with Gasteiger partial charge in [-0.25, -0.2) is 4.79 Å². The number of esters is 1. The SMILES string of the molecule is CCOC(=O)/C=C/CP(CC)OCC. The monoisotopic (exact) mass is 218 g/mol. The van der Waals surface area contributed by atoms with E-state index in [-0.39, 0.29) is 5.97 Å². The largest absolute Gasteiger partial charge is 0.463 e. The van der Waals surface area contributed by atoms with E-state index in [4.69, 9.17) is 9.26 Å². The summed E-state index contributed by atoms with van der Waals surface area (Å²) in [6.07, 6.45) is 5.17. The van der Waals surface area contributed by atoms with Crippen LogP contribution in [-0.2, 0) is 14.1 Å². The molecule has 4 heteroatoms. The summed E-state index contributed by atoms with van der Waals surface area (Å²) in [6, 6.07) is 0. The summed E-state index contributed by atoms with van der Waals surface area (Å²) in [5.74, 6) is -0.268. The van der Waals surface area contributed by atoms with Crippen LogP contribution in [0.1, 0.15) is 20.8 Å². The van der Waals surface area contributed by atoms with E-state index in [0.717, 1.165) is 18.9 Å². The maximum Gasteiger partial charge on any atom is 0.330 e. The molecule has 0 fully saturated rings. The number of hydrogen-bond acceptors (Lipinski definition) is 3. The number of carbonyl (C=O) groups excluding carboxylic acids is 1. The molecule has 0 bridgehead atoms. The van der Waals surface area contributed by atoms with Crippen molar-refractivity contribution in [1.82, 2.24) is 0 Å². The Labute approximate surface area is 87.3 Å². The van der Waals surface area contributed by atoms with E-state index < -0.39 is 8.15 Å². The molecule has 0 amide bonds. The first-order valence-corrected chi connectivity index (χ1v) is 6.58. The minimum atomic E-state index is -0.393. The van der Waals surface area contributed by atoms with Crippen molar-refractivity contribution in [3.63, 3.8) is 0 Å². The fourth-order valence-corrected chi connectivity index (χ4v) is 2.16. The summed E-state index contributed by atoms with van der Waals surface area (Å²) in [6.45, 7) is 7.05. The van der Waals surface area contributed by atoms with Gasteiger partial charge in [-0.1, -0.05) is 13.0 Å². The zero-order valence-electron chi connectivity index (χ0n) is 9.16. The lowest BCUT2D eigenvalue weighted by Crippen LogP contribution is -1.99. The van der Waals surface area contributed by atoms with Crippen LogP contribution in [0.15, 0.2) is 12.2 Å². The molecule has 0 aliphatic carbocycles. The zero-order valence-corrected chi connectivity index (χ0v) is 10.0. The molecule has 14 heavy (non-hydrogen) atoms. The van der Waals surface area contributed by atoms with E-state index in [1.165, 1.54) is 6.08 Å². The third kappa shape index (κ3) is 7.05. The van der Waals surface area contributed by atoms with Gasteiger partial charge in [-0.2, -0.15) is 0 Å². The average Bonchev–Trinajstić information content (AvgIpc) is 2.17. The second-order valence-electron chi connectivity index (χ2n) is 2.55. The van der Waals surface area contributed by atoms with Gasteiger partial charge in [-0.3, -0.25) is 0 Å². The van der Waals surface area contributed by atoms with Crippen LogP contribution in [0.2, 0.25) is 0 Å². The van der Waals surface area contributed by atoms with Crippen molar-refractivity contribution < 1.29 is 14.1 Å². The van der Waals surface area contributed by atoms with Crippen LogP contribution < -0.4 is 0 Å². The van der Waals surface area contributed by atoms with Crippen LogP contribution in [0.4, 0.5) is 0 Å². The highest BCUT2D eigenvalue weighted by Gasteiger charge is 2.02. The number of rotatable bonds is 7. The van der Waals surface area contributed by atoms with Crippen LogP contribution in [0, 0.1) is 0 Å². The second kappa shape index (κ2) is 9.17. The predicted molar refractivity (Wildman–Crippen MR) is 59.7 cm³/mol. The van der Waals surface area contributed by atoms with Gasteiger partial charge in [0.2, 0.25) is 0 Å². The van der Waals surface area contributed by atoms with E-state index in [1.54, 1.807) is 6.92 Å². The molecule has 0 saturated heterocycles. The fraction of sp³-hybridized carbons (Fsp3) is 0.700. The van der Waals surface area contributed by atoms with Gasteiger partial charge >= 0.3 is 5.97 Å². The summed E-state index contributed by atoms with van der Waals surface area (Å²) in [7, 11) is -0.393. The van der Waals surface area contributed by atoms with Crippen LogP contribution in [0.3, 0.4) is 0 Å². The fourth-order valence-electron chi connectivity index (χ4n) is 0.913. The van der Waals surface area contributed by atoms with Gasteiger partial charge < -0.3 is 9.26 Å². The summed E-state index contributed by atoms with van der Waals surface area (Å²) in [5.41, 5.74) is 0. The van der Waals surface area contributed by atoms with Gasteiger partial charge in [0.05, 0.1) is 6.61 Å². The summed E-state index contributed by atoms with van der Waals surface area (Å²) >= 11 is 0. The molecule has 0 aromatic heterocycles. The van der Waals surface area contributed by atoms with E-state index in [9.17, 15) is 4.79 Å². The quantitative estimate of drug-likeness (QED) is 0.374.